The highest BCUT2D eigenvalue weighted by molar-refractivity contribution is 7.99. The van der Waals surface area contributed by atoms with Gasteiger partial charge in [-0.1, -0.05) is 13.8 Å². The van der Waals surface area contributed by atoms with E-state index in [1.54, 1.807) is 0 Å². The molecular weight excluding hydrogens is 262 g/mol. The van der Waals surface area contributed by atoms with Crippen molar-refractivity contribution in [1.29, 1.82) is 0 Å². The molecule has 0 radical (unpaired) electrons. The topological polar surface area (TPSA) is 78.3 Å². The van der Waals surface area contributed by atoms with Crippen LogP contribution in [0.2, 0.25) is 0 Å². The van der Waals surface area contributed by atoms with Gasteiger partial charge in [0, 0.05) is 24.8 Å². The lowest BCUT2D eigenvalue weighted by atomic mass is 10.3. The molecule has 0 aliphatic rings. The summed E-state index contributed by atoms with van der Waals surface area (Å²) in [6, 6.07) is 1.89. The van der Waals surface area contributed by atoms with Crippen molar-refractivity contribution in [3.8, 4) is 0 Å². The summed E-state index contributed by atoms with van der Waals surface area (Å²) in [7, 11) is 0. The fourth-order valence-corrected chi connectivity index (χ4v) is 2.29. The zero-order chi connectivity index (χ0) is 14.1. The first kappa shape index (κ1) is 16.2. The van der Waals surface area contributed by atoms with Crippen molar-refractivity contribution >= 4 is 17.6 Å². The molecule has 0 aromatic carbocycles. The second-order valence-electron chi connectivity index (χ2n) is 4.33. The lowest BCUT2D eigenvalue weighted by molar-refractivity contribution is 0.113. The summed E-state index contributed by atoms with van der Waals surface area (Å²) in [5, 5.41) is 22.3. The summed E-state index contributed by atoms with van der Waals surface area (Å²) in [5.41, 5.74) is 0. The summed E-state index contributed by atoms with van der Waals surface area (Å²) < 4.78 is 0. The predicted molar refractivity (Wildman–Crippen MR) is 78.6 cm³/mol. The smallest absolute Gasteiger partial charge is 0.132 e. The summed E-state index contributed by atoms with van der Waals surface area (Å²) in [6.07, 6.45) is 2.18. The Kier molecular flexibility index (Phi) is 7.78. The van der Waals surface area contributed by atoms with Gasteiger partial charge in [0.25, 0.3) is 0 Å². The SMILES string of the molecule is CCCNc1cc(SCC(O)CO)nc(CCC)n1. The van der Waals surface area contributed by atoms with Gasteiger partial charge in [-0.2, -0.15) is 0 Å². The third-order valence-electron chi connectivity index (χ3n) is 2.41. The number of nitrogens with zero attached hydrogens (tertiary/aromatic N) is 2. The lowest BCUT2D eigenvalue weighted by Gasteiger charge is -2.10. The molecule has 0 amide bonds. The van der Waals surface area contributed by atoms with Gasteiger partial charge in [-0.15, -0.1) is 11.8 Å². The van der Waals surface area contributed by atoms with Crippen LogP contribution in [-0.4, -0.2) is 45.2 Å². The van der Waals surface area contributed by atoms with E-state index in [9.17, 15) is 5.11 Å². The van der Waals surface area contributed by atoms with Gasteiger partial charge in [0.1, 0.15) is 16.7 Å². The van der Waals surface area contributed by atoms with Crippen molar-refractivity contribution in [3.05, 3.63) is 11.9 Å². The molecule has 108 valence electrons. The number of aryl methyl sites for hydroxylation is 1. The highest BCUT2D eigenvalue weighted by Gasteiger charge is 2.08. The summed E-state index contributed by atoms with van der Waals surface area (Å²) >= 11 is 1.44. The molecule has 1 unspecified atom stereocenters. The molecule has 0 saturated carbocycles. The fourth-order valence-electron chi connectivity index (χ4n) is 1.46. The van der Waals surface area contributed by atoms with Crippen LogP contribution >= 0.6 is 11.8 Å². The predicted octanol–water partition coefficient (Wildman–Crippen LogP) is 1.70. The van der Waals surface area contributed by atoms with E-state index in [0.717, 1.165) is 42.5 Å². The van der Waals surface area contributed by atoms with E-state index in [4.69, 9.17) is 5.11 Å². The molecule has 1 aromatic heterocycles. The van der Waals surface area contributed by atoms with Gasteiger partial charge in [0.2, 0.25) is 0 Å². The first-order valence-electron chi connectivity index (χ1n) is 6.73. The van der Waals surface area contributed by atoms with Crippen molar-refractivity contribution in [2.45, 2.75) is 44.2 Å². The highest BCUT2D eigenvalue weighted by Crippen LogP contribution is 2.20. The second-order valence-corrected chi connectivity index (χ2v) is 5.37. The summed E-state index contributed by atoms with van der Waals surface area (Å²) in [6.45, 7) is 4.86. The Morgan fingerprint density at radius 2 is 2.11 bits per heavy atom. The van der Waals surface area contributed by atoms with Crippen molar-refractivity contribution < 1.29 is 10.2 Å². The van der Waals surface area contributed by atoms with Gasteiger partial charge in [-0.05, 0) is 12.8 Å². The van der Waals surface area contributed by atoms with Crippen LogP contribution in [0.3, 0.4) is 0 Å². The largest absolute Gasteiger partial charge is 0.394 e. The fraction of sp³-hybridized carbons (Fsp3) is 0.692. The monoisotopic (exact) mass is 285 g/mol. The van der Waals surface area contributed by atoms with E-state index in [0.29, 0.717) is 5.75 Å². The molecular formula is C13H23N3O2S. The quantitative estimate of drug-likeness (QED) is 0.473. The zero-order valence-corrected chi connectivity index (χ0v) is 12.4. The molecule has 5 nitrogen and oxygen atoms in total. The molecule has 1 rings (SSSR count). The summed E-state index contributed by atoms with van der Waals surface area (Å²) in [4.78, 5) is 8.92. The van der Waals surface area contributed by atoms with Crippen molar-refractivity contribution in [1.82, 2.24) is 9.97 Å². The van der Waals surface area contributed by atoms with Crippen molar-refractivity contribution in [2.24, 2.45) is 0 Å². The number of hydrogen-bond acceptors (Lipinski definition) is 6. The maximum Gasteiger partial charge on any atom is 0.132 e. The lowest BCUT2D eigenvalue weighted by Crippen LogP contribution is -2.15. The zero-order valence-electron chi connectivity index (χ0n) is 11.6. The molecule has 0 fully saturated rings. The standard InChI is InChI=1S/C13H23N3O2S/c1-3-5-11-15-12(14-6-4-2)7-13(16-11)19-9-10(18)8-17/h7,10,17-18H,3-6,8-9H2,1-2H3,(H,14,15,16). The molecule has 0 saturated heterocycles. The van der Waals surface area contributed by atoms with Crippen LogP contribution in [0, 0.1) is 0 Å². The molecule has 1 aromatic rings. The number of hydrogen-bond donors (Lipinski definition) is 3. The van der Waals surface area contributed by atoms with Gasteiger partial charge in [-0.25, -0.2) is 9.97 Å². The molecule has 0 aliphatic heterocycles. The molecule has 0 spiro atoms. The van der Waals surface area contributed by atoms with Crippen LogP contribution in [0.4, 0.5) is 5.82 Å². The Balaban J connectivity index is 2.73. The molecule has 3 N–H and O–H groups in total. The Hall–Kier alpha value is -0.850. The van der Waals surface area contributed by atoms with Crippen LogP contribution < -0.4 is 5.32 Å². The van der Waals surface area contributed by atoms with E-state index in [1.165, 1.54) is 11.8 Å². The van der Waals surface area contributed by atoms with E-state index < -0.39 is 6.10 Å². The Bertz CT molecular complexity index is 377. The van der Waals surface area contributed by atoms with E-state index >= 15 is 0 Å². The van der Waals surface area contributed by atoms with Crippen LogP contribution in [0.1, 0.15) is 32.5 Å². The number of aliphatic hydroxyl groups is 2. The van der Waals surface area contributed by atoms with Gasteiger partial charge in [-0.3, -0.25) is 0 Å². The number of rotatable bonds is 9. The van der Waals surface area contributed by atoms with E-state index in [1.807, 2.05) is 6.07 Å². The molecule has 6 heteroatoms. The average Bonchev–Trinajstić information content (AvgIpc) is 2.42. The third kappa shape index (κ3) is 6.22. The maximum absolute atomic E-state index is 9.37. The van der Waals surface area contributed by atoms with Crippen molar-refractivity contribution in [3.63, 3.8) is 0 Å². The molecule has 19 heavy (non-hydrogen) atoms. The average molecular weight is 285 g/mol. The minimum absolute atomic E-state index is 0.221. The van der Waals surface area contributed by atoms with E-state index in [2.05, 4.69) is 29.1 Å². The van der Waals surface area contributed by atoms with Crippen LogP contribution in [0.15, 0.2) is 11.1 Å². The van der Waals surface area contributed by atoms with Crippen LogP contribution in [0.5, 0.6) is 0 Å². The Morgan fingerprint density at radius 3 is 2.74 bits per heavy atom. The summed E-state index contributed by atoms with van der Waals surface area (Å²) in [5.74, 6) is 2.10. The van der Waals surface area contributed by atoms with Gasteiger partial charge in [0.15, 0.2) is 0 Å². The first-order chi connectivity index (χ1) is 9.19. The molecule has 0 bridgehead atoms. The van der Waals surface area contributed by atoms with Gasteiger partial charge >= 0.3 is 0 Å². The third-order valence-corrected chi connectivity index (χ3v) is 3.47. The molecule has 1 heterocycles. The number of aromatic nitrogens is 2. The Labute approximate surface area is 118 Å². The molecule has 0 aliphatic carbocycles. The van der Waals surface area contributed by atoms with E-state index in [-0.39, 0.29) is 6.61 Å². The Morgan fingerprint density at radius 1 is 1.32 bits per heavy atom. The highest BCUT2D eigenvalue weighted by atomic mass is 32.2. The van der Waals surface area contributed by atoms with Crippen LogP contribution in [-0.2, 0) is 6.42 Å². The second kappa shape index (κ2) is 9.12. The number of nitrogens with one attached hydrogen (secondary N) is 1. The normalized spacial score (nSPS) is 12.4. The minimum atomic E-state index is -0.707. The first-order valence-corrected chi connectivity index (χ1v) is 7.71. The van der Waals surface area contributed by atoms with Gasteiger partial charge < -0.3 is 15.5 Å². The number of aliphatic hydroxyl groups excluding tert-OH is 2. The van der Waals surface area contributed by atoms with Crippen LogP contribution in [0.25, 0.3) is 0 Å². The molecule has 1 atom stereocenters. The number of anilines is 1. The van der Waals surface area contributed by atoms with Gasteiger partial charge in [0.05, 0.1) is 12.7 Å². The van der Waals surface area contributed by atoms with Crippen molar-refractivity contribution in [2.75, 3.05) is 24.2 Å². The number of thioether (sulfide) groups is 1. The minimum Gasteiger partial charge on any atom is -0.394 e. The maximum atomic E-state index is 9.37.